The first kappa shape index (κ1) is 14.6. The summed E-state index contributed by atoms with van der Waals surface area (Å²) in [6, 6.07) is 6.60. The molecule has 0 atom stereocenters. The van der Waals surface area contributed by atoms with Crippen LogP contribution in [-0.4, -0.2) is 27.0 Å². The fourth-order valence-electron chi connectivity index (χ4n) is 1.79. The van der Waals surface area contributed by atoms with Crippen LogP contribution in [0.4, 0.5) is 0 Å². The number of aromatic carboxylic acids is 1. The third-order valence-corrected chi connectivity index (χ3v) is 2.89. The molecule has 0 aliphatic heterocycles. The maximum absolute atomic E-state index is 11.7. The van der Waals surface area contributed by atoms with Crippen LogP contribution in [-0.2, 0) is 17.8 Å². The van der Waals surface area contributed by atoms with Crippen LogP contribution in [0.5, 0.6) is 0 Å². The number of carboxylic acids is 1. The minimum atomic E-state index is -1.01. The van der Waals surface area contributed by atoms with E-state index in [2.05, 4.69) is 15.3 Å². The zero-order chi connectivity index (χ0) is 15.1. The lowest BCUT2D eigenvalue weighted by Gasteiger charge is -2.05. The molecule has 0 radical (unpaired) electrons. The number of aromatic nitrogens is 2. The van der Waals surface area contributed by atoms with Gasteiger partial charge < -0.3 is 10.4 Å². The maximum atomic E-state index is 11.7. The number of hydrogen-bond acceptors (Lipinski definition) is 4. The summed E-state index contributed by atoms with van der Waals surface area (Å²) < 4.78 is 0. The summed E-state index contributed by atoms with van der Waals surface area (Å²) in [6.07, 6.45) is 5.79. The van der Waals surface area contributed by atoms with Crippen molar-refractivity contribution in [2.45, 2.75) is 19.4 Å². The topological polar surface area (TPSA) is 92.2 Å². The van der Waals surface area contributed by atoms with Gasteiger partial charge in [0.2, 0.25) is 5.91 Å². The van der Waals surface area contributed by atoms with E-state index < -0.39 is 5.97 Å². The quantitative estimate of drug-likeness (QED) is 0.837. The molecule has 2 heterocycles. The summed E-state index contributed by atoms with van der Waals surface area (Å²) in [5, 5.41) is 11.6. The molecule has 1 amide bonds. The van der Waals surface area contributed by atoms with Gasteiger partial charge in [0.25, 0.3) is 0 Å². The lowest BCUT2D eigenvalue weighted by molar-refractivity contribution is -0.121. The molecule has 0 unspecified atom stereocenters. The number of aryl methyl sites for hydroxylation is 1. The van der Waals surface area contributed by atoms with Crippen molar-refractivity contribution in [1.29, 1.82) is 0 Å². The van der Waals surface area contributed by atoms with Gasteiger partial charge in [0.15, 0.2) is 0 Å². The average molecular weight is 285 g/mol. The molecule has 6 heteroatoms. The highest BCUT2D eigenvalue weighted by Gasteiger charge is 2.06. The average Bonchev–Trinajstić information content (AvgIpc) is 2.52. The number of carbonyl (C=O) groups excluding carboxylic acids is 1. The van der Waals surface area contributed by atoms with Gasteiger partial charge in [0.1, 0.15) is 0 Å². The highest BCUT2D eigenvalue weighted by atomic mass is 16.4. The molecule has 0 aliphatic rings. The van der Waals surface area contributed by atoms with Crippen molar-refractivity contribution in [3.63, 3.8) is 0 Å². The van der Waals surface area contributed by atoms with Crippen LogP contribution in [0.25, 0.3) is 0 Å². The Morgan fingerprint density at radius 2 is 2.10 bits per heavy atom. The normalized spacial score (nSPS) is 10.1. The second kappa shape index (κ2) is 7.14. The summed E-state index contributed by atoms with van der Waals surface area (Å²) in [6.45, 7) is 0.215. The first-order valence-corrected chi connectivity index (χ1v) is 6.49. The van der Waals surface area contributed by atoms with Crippen LogP contribution in [0, 0.1) is 0 Å². The zero-order valence-corrected chi connectivity index (χ0v) is 11.3. The Kier molecular flexibility index (Phi) is 4.98. The summed E-state index contributed by atoms with van der Waals surface area (Å²) >= 11 is 0. The second-order valence-electron chi connectivity index (χ2n) is 4.48. The van der Waals surface area contributed by atoms with Crippen LogP contribution in [0.1, 0.15) is 28.0 Å². The van der Waals surface area contributed by atoms with Crippen molar-refractivity contribution < 1.29 is 14.7 Å². The molecule has 0 fully saturated rings. The Balaban J connectivity index is 1.81. The van der Waals surface area contributed by atoms with Crippen molar-refractivity contribution in [2.24, 2.45) is 0 Å². The highest BCUT2D eigenvalue weighted by Crippen LogP contribution is 2.03. The molecule has 2 aromatic heterocycles. The zero-order valence-electron chi connectivity index (χ0n) is 11.3. The van der Waals surface area contributed by atoms with Gasteiger partial charge in [-0.25, -0.2) is 4.79 Å². The van der Waals surface area contributed by atoms with E-state index >= 15 is 0 Å². The number of hydrogen-bond donors (Lipinski definition) is 2. The fourth-order valence-corrected chi connectivity index (χ4v) is 1.79. The van der Waals surface area contributed by atoms with E-state index in [1.165, 1.54) is 18.3 Å². The molecule has 21 heavy (non-hydrogen) atoms. The van der Waals surface area contributed by atoms with Crippen LogP contribution >= 0.6 is 0 Å². The largest absolute Gasteiger partial charge is 0.478 e. The third-order valence-electron chi connectivity index (χ3n) is 2.89. The number of nitrogens with zero attached hydrogens (tertiary/aromatic N) is 2. The molecule has 0 aromatic carbocycles. The third kappa shape index (κ3) is 4.68. The molecule has 0 spiro atoms. The lowest BCUT2D eigenvalue weighted by Crippen LogP contribution is -2.23. The van der Waals surface area contributed by atoms with Gasteiger partial charge in [-0.15, -0.1) is 0 Å². The van der Waals surface area contributed by atoms with Crippen molar-refractivity contribution in [3.05, 3.63) is 59.7 Å². The number of amides is 1. The number of pyridine rings is 2. The predicted molar refractivity (Wildman–Crippen MR) is 75.6 cm³/mol. The van der Waals surface area contributed by atoms with E-state index in [-0.39, 0.29) is 18.0 Å². The summed E-state index contributed by atoms with van der Waals surface area (Å²) in [5.41, 5.74) is 1.67. The van der Waals surface area contributed by atoms with E-state index in [0.29, 0.717) is 18.5 Å². The van der Waals surface area contributed by atoms with Crippen molar-refractivity contribution >= 4 is 11.9 Å². The number of rotatable bonds is 6. The predicted octanol–water partition coefficient (Wildman–Crippen LogP) is 1.42. The molecular formula is C15H15N3O3. The minimum Gasteiger partial charge on any atom is -0.478 e. The highest BCUT2D eigenvalue weighted by molar-refractivity contribution is 5.87. The molecule has 0 bridgehead atoms. The smallest absolute Gasteiger partial charge is 0.335 e. The monoisotopic (exact) mass is 285 g/mol. The molecule has 0 saturated heterocycles. The Morgan fingerprint density at radius 3 is 2.81 bits per heavy atom. The van der Waals surface area contributed by atoms with Gasteiger partial charge in [-0.2, -0.15) is 0 Å². The Hall–Kier alpha value is -2.76. The molecule has 0 saturated carbocycles. The molecule has 0 aliphatic carbocycles. The number of nitrogens with one attached hydrogen (secondary N) is 1. The van der Waals surface area contributed by atoms with Gasteiger partial charge >= 0.3 is 5.97 Å². The molecule has 2 rings (SSSR count). The van der Waals surface area contributed by atoms with Gasteiger partial charge in [0, 0.05) is 25.0 Å². The molecule has 108 valence electrons. The van der Waals surface area contributed by atoms with E-state index in [0.717, 1.165) is 5.56 Å². The molecular weight excluding hydrogens is 270 g/mol. The Bertz CT molecular complexity index is 629. The van der Waals surface area contributed by atoms with Crippen molar-refractivity contribution in [1.82, 2.24) is 15.3 Å². The van der Waals surface area contributed by atoms with E-state index in [9.17, 15) is 9.59 Å². The molecule has 6 nitrogen and oxygen atoms in total. The summed E-state index contributed by atoms with van der Waals surface area (Å²) in [4.78, 5) is 30.6. The standard InChI is InChI=1S/C15H15N3O3/c19-14(4-3-11-2-1-6-16-9-11)18-10-13-8-12(15(20)21)5-7-17-13/h1-2,5-9H,3-4,10H2,(H,18,19)(H,20,21). The number of carbonyl (C=O) groups is 2. The minimum absolute atomic E-state index is 0.110. The first-order chi connectivity index (χ1) is 10.1. The SMILES string of the molecule is O=C(CCc1cccnc1)NCc1cc(C(=O)O)ccn1. The first-order valence-electron chi connectivity index (χ1n) is 6.49. The van der Waals surface area contributed by atoms with Crippen LogP contribution in [0.2, 0.25) is 0 Å². The van der Waals surface area contributed by atoms with Gasteiger partial charge in [-0.3, -0.25) is 14.8 Å². The lowest BCUT2D eigenvalue weighted by atomic mass is 10.1. The summed E-state index contributed by atoms with van der Waals surface area (Å²) in [7, 11) is 0. The van der Waals surface area contributed by atoms with E-state index in [4.69, 9.17) is 5.11 Å². The molecule has 2 N–H and O–H groups in total. The van der Waals surface area contributed by atoms with Crippen LogP contribution < -0.4 is 5.32 Å². The van der Waals surface area contributed by atoms with E-state index in [1.807, 2.05) is 12.1 Å². The Morgan fingerprint density at radius 1 is 1.24 bits per heavy atom. The van der Waals surface area contributed by atoms with Crippen molar-refractivity contribution in [2.75, 3.05) is 0 Å². The molecule has 2 aromatic rings. The maximum Gasteiger partial charge on any atom is 0.335 e. The van der Waals surface area contributed by atoms with Crippen LogP contribution in [0.3, 0.4) is 0 Å². The van der Waals surface area contributed by atoms with E-state index in [1.54, 1.807) is 12.4 Å². The summed E-state index contributed by atoms with van der Waals surface area (Å²) in [5.74, 6) is -1.12. The van der Waals surface area contributed by atoms with Gasteiger partial charge in [-0.1, -0.05) is 6.07 Å². The Labute approximate surface area is 121 Å². The number of carboxylic acid groups (broad SMARTS) is 1. The fraction of sp³-hybridized carbons (Fsp3) is 0.200. The van der Waals surface area contributed by atoms with Gasteiger partial charge in [0.05, 0.1) is 17.8 Å². The van der Waals surface area contributed by atoms with Crippen LogP contribution in [0.15, 0.2) is 42.9 Å². The van der Waals surface area contributed by atoms with Gasteiger partial charge in [-0.05, 0) is 30.2 Å². The van der Waals surface area contributed by atoms with Crippen molar-refractivity contribution in [3.8, 4) is 0 Å². The second-order valence-corrected chi connectivity index (χ2v) is 4.48.